The monoisotopic (exact) mass is 270 g/mol. The van der Waals surface area contributed by atoms with Gasteiger partial charge in [0.05, 0.1) is 6.33 Å². The Morgan fingerprint density at radius 3 is 2.65 bits per heavy atom. The lowest BCUT2D eigenvalue weighted by Gasteiger charge is -2.11. The number of nitrogen functional groups attached to an aromatic ring is 1. The number of halogens is 2. The maximum atomic E-state index is 12.0. The molecule has 10 heteroatoms. The van der Waals surface area contributed by atoms with Gasteiger partial charge in [-0.15, -0.1) is 0 Å². The SMILES string of the molecule is Cn1cnc(N)c1S(=O)(=O)NCC(O)C(F)F. The summed E-state index contributed by atoms with van der Waals surface area (Å²) in [6, 6.07) is 0. The highest BCUT2D eigenvalue weighted by Crippen LogP contribution is 2.15. The number of hydrogen-bond acceptors (Lipinski definition) is 5. The predicted octanol–water partition coefficient (Wildman–Crippen LogP) is -1.09. The second-order valence-electron chi connectivity index (χ2n) is 3.30. The third-order valence-corrected chi connectivity index (χ3v) is 3.49. The van der Waals surface area contributed by atoms with Crippen LogP contribution in [0, 0.1) is 0 Å². The minimum atomic E-state index is -4.07. The van der Waals surface area contributed by atoms with E-state index >= 15 is 0 Å². The van der Waals surface area contributed by atoms with Crippen molar-refractivity contribution in [1.82, 2.24) is 14.3 Å². The third kappa shape index (κ3) is 3.11. The molecule has 0 saturated heterocycles. The molecule has 0 bridgehead atoms. The van der Waals surface area contributed by atoms with Gasteiger partial charge in [0.1, 0.15) is 6.10 Å². The van der Waals surface area contributed by atoms with Gasteiger partial charge in [0, 0.05) is 13.6 Å². The molecule has 1 unspecified atom stereocenters. The average Bonchev–Trinajstić information content (AvgIpc) is 2.55. The number of aromatic nitrogens is 2. The Bertz CT molecular complexity index is 468. The lowest BCUT2D eigenvalue weighted by atomic mass is 10.4. The molecule has 0 aliphatic heterocycles. The summed E-state index contributed by atoms with van der Waals surface area (Å²) >= 11 is 0. The molecule has 0 spiro atoms. The predicted molar refractivity (Wildman–Crippen MR) is 54.8 cm³/mol. The van der Waals surface area contributed by atoms with Gasteiger partial charge in [0.15, 0.2) is 10.8 Å². The van der Waals surface area contributed by atoms with Gasteiger partial charge in [-0.05, 0) is 0 Å². The molecule has 0 fully saturated rings. The molecule has 0 aliphatic rings. The van der Waals surface area contributed by atoms with E-state index in [0.717, 1.165) is 4.57 Å². The number of anilines is 1. The highest BCUT2D eigenvalue weighted by Gasteiger charge is 2.25. The summed E-state index contributed by atoms with van der Waals surface area (Å²) in [4.78, 5) is 3.56. The van der Waals surface area contributed by atoms with Gasteiger partial charge in [-0.3, -0.25) is 0 Å². The van der Waals surface area contributed by atoms with Crippen molar-refractivity contribution >= 4 is 15.8 Å². The van der Waals surface area contributed by atoms with E-state index in [4.69, 9.17) is 10.8 Å². The van der Waals surface area contributed by atoms with Crippen molar-refractivity contribution in [3.05, 3.63) is 6.33 Å². The number of alkyl halides is 2. The average molecular weight is 270 g/mol. The molecule has 1 atom stereocenters. The van der Waals surface area contributed by atoms with Crippen molar-refractivity contribution in [2.45, 2.75) is 17.6 Å². The first-order chi connectivity index (χ1) is 7.75. The van der Waals surface area contributed by atoms with Crippen LogP contribution >= 0.6 is 0 Å². The number of sulfonamides is 1. The van der Waals surface area contributed by atoms with Crippen molar-refractivity contribution in [2.75, 3.05) is 12.3 Å². The molecule has 98 valence electrons. The first-order valence-electron chi connectivity index (χ1n) is 4.48. The second-order valence-corrected chi connectivity index (χ2v) is 4.98. The van der Waals surface area contributed by atoms with Crippen LogP contribution in [0.4, 0.5) is 14.6 Å². The molecule has 1 rings (SSSR count). The first-order valence-corrected chi connectivity index (χ1v) is 5.96. The van der Waals surface area contributed by atoms with Crippen LogP contribution in [0.25, 0.3) is 0 Å². The fraction of sp³-hybridized carbons (Fsp3) is 0.571. The highest BCUT2D eigenvalue weighted by molar-refractivity contribution is 7.89. The quantitative estimate of drug-likeness (QED) is 0.629. The molecule has 7 nitrogen and oxygen atoms in total. The topological polar surface area (TPSA) is 110 Å². The molecular weight excluding hydrogens is 258 g/mol. The Labute approximate surface area is 96.3 Å². The number of rotatable bonds is 5. The summed E-state index contributed by atoms with van der Waals surface area (Å²) in [6.45, 7) is -0.801. The number of aryl methyl sites for hydroxylation is 1. The summed E-state index contributed by atoms with van der Waals surface area (Å²) in [5.74, 6) is -0.244. The molecular formula is C7H12F2N4O3S. The molecule has 17 heavy (non-hydrogen) atoms. The number of aliphatic hydroxyl groups excluding tert-OH is 1. The lowest BCUT2D eigenvalue weighted by molar-refractivity contribution is -0.000461. The summed E-state index contributed by atoms with van der Waals surface area (Å²) in [5, 5.41) is 8.46. The van der Waals surface area contributed by atoms with Crippen molar-refractivity contribution in [3.8, 4) is 0 Å². The van der Waals surface area contributed by atoms with E-state index in [0.29, 0.717) is 0 Å². The van der Waals surface area contributed by atoms with Crippen LogP contribution in [0.15, 0.2) is 11.4 Å². The van der Waals surface area contributed by atoms with Crippen molar-refractivity contribution in [2.24, 2.45) is 7.05 Å². The Kier molecular flexibility index (Phi) is 4.01. The first kappa shape index (κ1) is 13.8. The lowest BCUT2D eigenvalue weighted by Crippen LogP contribution is -2.36. The molecule has 0 aromatic carbocycles. The molecule has 4 N–H and O–H groups in total. The maximum Gasteiger partial charge on any atom is 0.265 e. The van der Waals surface area contributed by atoms with Gasteiger partial charge in [0.2, 0.25) is 0 Å². The number of nitrogens with zero attached hydrogens (tertiary/aromatic N) is 2. The fourth-order valence-corrected chi connectivity index (χ4v) is 2.40. The molecule has 0 aliphatic carbocycles. The summed E-state index contributed by atoms with van der Waals surface area (Å²) in [5.41, 5.74) is 5.33. The largest absolute Gasteiger partial charge is 0.386 e. The molecule has 0 amide bonds. The summed E-state index contributed by atoms with van der Waals surface area (Å²) in [7, 11) is -2.68. The van der Waals surface area contributed by atoms with E-state index in [9.17, 15) is 17.2 Å². The van der Waals surface area contributed by atoms with Crippen molar-refractivity contribution < 1.29 is 22.3 Å². The minimum absolute atomic E-state index is 0.244. The number of aliphatic hydroxyl groups is 1. The zero-order valence-electron chi connectivity index (χ0n) is 8.84. The van der Waals surface area contributed by atoms with Gasteiger partial charge >= 0.3 is 0 Å². The van der Waals surface area contributed by atoms with Gasteiger partial charge in [-0.1, -0.05) is 0 Å². The molecule has 1 heterocycles. The highest BCUT2D eigenvalue weighted by atomic mass is 32.2. The standard InChI is InChI=1S/C7H12F2N4O3S/c1-13-3-11-6(10)7(13)17(15,16)12-2-4(14)5(8)9/h3-5,12,14H,2,10H2,1H3. The summed E-state index contributed by atoms with van der Waals surface area (Å²) in [6.07, 6.45) is -3.92. The molecule has 0 saturated carbocycles. The minimum Gasteiger partial charge on any atom is -0.386 e. The van der Waals surface area contributed by atoms with Crippen LogP contribution in [-0.4, -0.2) is 42.1 Å². The van der Waals surface area contributed by atoms with E-state index in [1.807, 2.05) is 4.72 Å². The number of nitrogens with two attached hydrogens (primary N) is 1. The van der Waals surface area contributed by atoms with Crippen LogP contribution in [0.3, 0.4) is 0 Å². The van der Waals surface area contributed by atoms with E-state index < -0.39 is 29.1 Å². The maximum absolute atomic E-state index is 12.0. The third-order valence-electron chi connectivity index (χ3n) is 1.94. The number of imidazole rings is 1. The Balaban J connectivity index is 2.84. The van der Waals surface area contributed by atoms with E-state index in [-0.39, 0.29) is 10.8 Å². The molecule has 0 radical (unpaired) electrons. The molecule has 1 aromatic heterocycles. The Morgan fingerprint density at radius 2 is 2.24 bits per heavy atom. The van der Waals surface area contributed by atoms with E-state index in [1.54, 1.807) is 0 Å². The van der Waals surface area contributed by atoms with Crippen LogP contribution in [0.1, 0.15) is 0 Å². The van der Waals surface area contributed by atoms with Crippen LogP contribution in [-0.2, 0) is 17.1 Å². The van der Waals surface area contributed by atoms with Crippen LogP contribution in [0.2, 0.25) is 0 Å². The van der Waals surface area contributed by atoms with Gasteiger partial charge in [0.25, 0.3) is 16.4 Å². The van der Waals surface area contributed by atoms with Gasteiger partial charge in [-0.2, -0.15) is 0 Å². The number of nitrogens with one attached hydrogen (secondary N) is 1. The van der Waals surface area contributed by atoms with Crippen molar-refractivity contribution in [3.63, 3.8) is 0 Å². The Hall–Kier alpha value is -1.26. The van der Waals surface area contributed by atoms with E-state index in [2.05, 4.69) is 4.98 Å². The smallest absolute Gasteiger partial charge is 0.265 e. The zero-order valence-corrected chi connectivity index (χ0v) is 9.66. The zero-order chi connectivity index (χ0) is 13.2. The fourth-order valence-electron chi connectivity index (χ4n) is 1.12. The number of hydrogen-bond donors (Lipinski definition) is 3. The van der Waals surface area contributed by atoms with E-state index in [1.165, 1.54) is 13.4 Å². The Morgan fingerprint density at radius 1 is 1.65 bits per heavy atom. The normalized spacial score (nSPS) is 14.2. The van der Waals surface area contributed by atoms with Gasteiger partial charge < -0.3 is 15.4 Å². The second kappa shape index (κ2) is 4.94. The van der Waals surface area contributed by atoms with Crippen molar-refractivity contribution in [1.29, 1.82) is 0 Å². The van der Waals surface area contributed by atoms with Crippen LogP contribution in [0.5, 0.6) is 0 Å². The molecule has 1 aromatic rings. The summed E-state index contributed by atoms with van der Waals surface area (Å²) < 4.78 is 50.2. The van der Waals surface area contributed by atoms with Gasteiger partial charge in [-0.25, -0.2) is 26.9 Å². The van der Waals surface area contributed by atoms with Crippen LogP contribution < -0.4 is 10.5 Å².